The third-order valence-electron chi connectivity index (χ3n) is 2.84. The molecule has 0 bridgehead atoms. The van der Waals surface area contributed by atoms with E-state index in [9.17, 15) is 17.6 Å². The fourth-order valence-corrected chi connectivity index (χ4v) is 2.55. The van der Waals surface area contributed by atoms with Gasteiger partial charge in [-0.05, 0) is 37.5 Å². The Kier molecular flexibility index (Phi) is 4.22. The first kappa shape index (κ1) is 12.3. The monoisotopic (exact) mass is 276 g/mol. The van der Waals surface area contributed by atoms with Crippen molar-refractivity contribution in [3.63, 3.8) is 0 Å². The summed E-state index contributed by atoms with van der Waals surface area (Å²) in [5.74, 6) is -0.392. The molecular formula is C9H13BrF4. The molecule has 0 aromatic heterocycles. The lowest BCUT2D eigenvalue weighted by Gasteiger charge is -2.30. The number of halogens is 5. The van der Waals surface area contributed by atoms with Crippen LogP contribution in [-0.2, 0) is 0 Å². The minimum absolute atomic E-state index is 0.358. The first-order valence-corrected chi connectivity index (χ1v) is 5.84. The van der Waals surface area contributed by atoms with Crippen LogP contribution < -0.4 is 0 Å². The fourth-order valence-electron chi connectivity index (χ4n) is 1.90. The third-order valence-corrected chi connectivity index (χ3v) is 3.75. The molecular weight excluding hydrogens is 264 g/mol. The summed E-state index contributed by atoms with van der Waals surface area (Å²) in [7, 11) is 0. The van der Waals surface area contributed by atoms with E-state index < -0.39 is 18.3 Å². The van der Waals surface area contributed by atoms with Gasteiger partial charge >= 0.3 is 6.18 Å². The first-order valence-electron chi connectivity index (χ1n) is 4.72. The van der Waals surface area contributed by atoms with Gasteiger partial charge in [0.25, 0.3) is 0 Å². The van der Waals surface area contributed by atoms with Gasteiger partial charge in [-0.25, -0.2) is 4.39 Å². The second-order valence-corrected chi connectivity index (χ2v) is 4.53. The van der Waals surface area contributed by atoms with Crippen LogP contribution in [0.5, 0.6) is 0 Å². The molecule has 1 saturated carbocycles. The maximum atomic E-state index is 12.9. The molecule has 1 unspecified atom stereocenters. The molecule has 0 amide bonds. The van der Waals surface area contributed by atoms with Crippen LogP contribution in [0, 0.1) is 11.8 Å². The van der Waals surface area contributed by atoms with E-state index in [0.717, 1.165) is 5.33 Å². The summed E-state index contributed by atoms with van der Waals surface area (Å²) >= 11 is 3.29. The quantitative estimate of drug-likeness (QED) is 0.527. The fraction of sp³-hybridized carbons (Fsp3) is 1.00. The molecule has 0 aromatic rings. The standard InChI is InChI=1S/C9H13BrF4/c10-5-6-1-3-7(4-2-6)8(11)9(12,13)14/h6-8H,1-5H2. The van der Waals surface area contributed by atoms with E-state index in [4.69, 9.17) is 0 Å². The van der Waals surface area contributed by atoms with E-state index in [2.05, 4.69) is 15.9 Å². The smallest absolute Gasteiger partial charge is 0.237 e. The van der Waals surface area contributed by atoms with Crippen LogP contribution in [0.2, 0.25) is 0 Å². The summed E-state index contributed by atoms with van der Waals surface area (Å²) in [4.78, 5) is 0. The van der Waals surface area contributed by atoms with Gasteiger partial charge in [0.2, 0.25) is 0 Å². The SMILES string of the molecule is FC(C1CCC(CBr)CC1)C(F)(F)F. The minimum Gasteiger partial charge on any atom is -0.237 e. The molecule has 14 heavy (non-hydrogen) atoms. The number of hydrogen-bond donors (Lipinski definition) is 0. The summed E-state index contributed by atoms with van der Waals surface area (Å²) < 4.78 is 49.0. The van der Waals surface area contributed by atoms with Crippen molar-refractivity contribution < 1.29 is 17.6 Å². The van der Waals surface area contributed by atoms with E-state index in [0.29, 0.717) is 31.6 Å². The van der Waals surface area contributed by atoms with Crippen molar-refractivity contribution in [3.8, 4) is 0 Å². The lowest BCUT2D eigenvalue weighted by atomic mass is 9.80. The molecule has 0 heterocycles. The summed E-state index contributed by atoms with van der Waals surface area (Å²) in [5, 5.41) is 0.808. The van der Waals surface area contributed by atoms with Crippen LogP contribution in [-0.4, -0.2) is 17.7 Å². The van der Waals surface area contributed by atoms with E-state index in [1.807, 2.05) is 0 Å². The number of alkyl halides is 5. The Balaban J connectivity index is 2.42. The highest BCUT2D eigenvalue weighted by Crippen LogP contribution is 2.38. The normalized spacial score (nSPS) is 31.5. The molecule has 0 aromatic carbocycles. The second-order valence-electron chi connectivity index (χ2n) is 3.88. The summed E-state index contributed by atoms with van der Waals surface area (Å²) in [6.07, 6.45) is -5.18. The van der Waals surface area contributed by atoms with E-state index in [1.54, 1.807) is 0 Å². The molecule has 0 radical (unpaired) electrons. The predicted molar refractivity (Wildman–Crippen MR) is 50.2 cm³/mol. The van der Waals surface area contributed by atoms with E-state index in [1.165, 1.54) is 0 Å². The zero-order chi connectivity index (χ0) is 10.8. The van der Waals surface area contributed by atoms with E-state index in [-0.39, 0.29) is 0 Å². The minimum atomic E-state index is -4.67. The van der Waals surface area contributed by atoms with Gasteiger partial charge in [-0.2, -0.15) is 13.2 Å². The van der Waals surface area contributed by atoms with Crippen LogP contribution in [0.15, 0.2) is 0 Å². The van der Waals surface area contributed by atoms with Gasteiger partial charge in [-0.15, -0.1) is 0 Å². The van der Waals surface area contributed by atoms with Crippen molar-refractivity contribution in [2.75, 3.05) is 5.33 Å². The van der Waals surface area contributed by atoms with Crippen LogP contribution in [0.3, 0.4) is 0 Å². The maximum Gasteiger partial charge on any atom is 0.419 e. The van der Waals surface area contributed by atoms with Crippen molar-refractivity contribution in [3.05, 3.63) is 0 Å². The second kappa shape index (κ2) is 4.81. The largest absolute Gasteiger partial charge is 0.419 e. The summed E-state index contributed by atoms with van der Waals surface area (Å²) in [5.41, 5.74) is 0. The van der Waals surface area contributed by atoms with Gasteiger partial charge in [0.1, 0.15) is 0 Å². The number of rotatable bonds is 2. The highest BCUT2D eigenvalue weighted by molar-refractivity contribution is 9.09. The van der Waals surface area contributed by atoms with Crippen LogP contribution in [0.1, 0.15) is 25.7 Å². The molecule has 0 N–H and O–H groups in total. The molecule has 1 fully saturated rings. The van der Waals surface area contributed by atoms with Gasteiger partial charge in [0, 0.05) is 5.33 Å². The van der Waals surface area contributed by atoms with Gasteiger partial charge in [0.05, 0.1) is 0 Å². The van der Waals surface area contributed by atoms with Crippen molar-refractivity contribution >= 4 is 15.9 Å². The van der Waals surface area contributed by atoms with Crippen LogP contribution in [0.4, 0.5) is 17.6 Å². The summed E-state index contributed by atoms with van der Waals surface area (Å²) in [6, 6.07) is 0. The topological polar surface area (TPSA) is 0 Å². The number of hydrogen-bond acceptors (Lipinski definition) is 0. The average Bonchev–Trinajstić information content (AvgIpc) is 2.15. The lowest BCUT2D eigenvalue weighted by Crippen LogP contribution is -2.34. The Morgan fingerprint density at radius 2 is 1.64 bits per heavy atom. The van der Waals surface area contributed by atoms with Crippen molar-refractivity contribution in [2.24, 2.45) is 11.8 Å². The molecule has 1 aliphatic rings. The summed E-state index contributed by atoms with van der Waals surface area (Å²) in [6.45, 7) is 0. The molecule has 1 atom stereocenters. The molecule has 1 rings (SSSR count). The third kappa shape index (κ3) is 3.11. The van der Waals surface area contributed by atoms with Crippen molar-refractivity contribution in [1.29, 1.82) is 0 Å². The molecule has 0 saturated heterocycles. The molecule has 5 heteroatoms. The lowest BCUT2D eigenvalue weighted by molar-refractivity contribution is -0.197. The highest BCUT2D eigenvalue weighted by Gasteiger charge is 2.45. The Bertz CT molecular complexity index is 172. The van der Waals surface area contributed by atoms with Gasteiger partial charge in [-0.1, -0.05) is 15.9 Å². The van der Waals surface area contributed by atoms with Crippen molar-refractivity contribution in [2.45, 2.75) is 38.0 Å². The predicted octanol–water partition coefficient (Wildman–Crippen LogP) is 4.09. The zero-order valence-electron chi connectivity index (χ0n) is 7.66. The zero-order valence-corrected chi connectivity index (χ0v) is 9.24. The molecule has 0 spiro atoms. The van der Waals surface area contributed by atoms with Gasteiger partial charge < -0.3 is 0 Å². The van der Waals surface area contributed by atoms with Crippen molar-refractivity contribution in [1.82, 2.24) is 0 Å². The highest BCUT2D eigenvalue weighted by atomic mass is 79.9. The molecule has 0 aliphatic heterocycles. The molecule has 1 aliphatic carbocycles. The Morgan fingerprint density at radius 3 is 2.00 bits per heavy atom. The van der Waals surface area contributed by atoms with Gasteiger partial charge in [-0.3, -0.25) is 0 Å². The first-order chi connectivity index (χ1) is 6.45. The molecule has 84 valence electrons. The Hall–Kier alpha value is 0.200. The molecule has 0 nitrogen and oxygen atoms in total. The maximum absolute atomic E-state index is 12.9. The van der Waals surface area contributed by atoms with E-state index >= 15 is 0 Å². The average molecular weight is 277 g/mol. The Labute approximate surface area is 89.2 Å². The Morgan fingerprint density at radius 1 is 1.14 bits per heavy atom. The van der Waals surface area contributed by atoms with Crippen LogP contribution in [0.25, 0.3) is 0 Å². The van der Waals surface area contributed by atoms with Crippen LogP contribution >= 0.6 is 15.9 Å². The van der Waals surface area contributed by atoms with Gasteiger partial charge in [0.15, 0.2) is 6.17 Å².